The van der Waals surface area contributed by atoms with Gasteiger partial charge in [0.15, 0.2) is 0 Å². The Morgan fingerprint density at radius 3 is 1.91 bits per heavy atom. The maximum atomic E-state index is 12.6. The van der Waals surface area contributed by atoms with Crippen molar-refractivity contribution < 1.29 is 27.4 Å². The second-order valence-electron chi connectivity index (χ2n) is 9.69. The van der Waals surface area contributed by atoms with E-state index in [1.807, 2.05) is 97.1 Å². The number of aromatic nitrogens is 2. The highest BCUT2D eigenvalue weighted by Gasteiger charge is 2.41. The van der Waals surface area contributed by atoms with Crippen molar-refractivity contribution in [3.63, 3.8) is 0 Å². The number of pyridine rings is 2. The number of carbonyl (C=O) groups is 1. The molecule has 6 nitrogen and oxygen atoms in total. The van der Waals surface area contributed by atoms with Crippen LogP contribution in [0.1, 0.15) is 5.56 Å². The molecule has 0 unspecified atom stereocenters. The molecule has 0 radical (unpaired) electrons. The molecule has 45 heavy (non-hydrogen) atoms. The van der Waals surface area contributed by atoms with Gasteiger partial charge in [-0.3, -0.25) is 4.98 Å². The first kappa shape index (κ1) is 30.9. The molecular formula is C36H28F3N3O3. The topological polar surface area (TPSA) is 87.3 Å². The Labute approximate surface area is 257 Å². The van der Waals surface area contributed by atoms with Gasteiger partial charge >= 0.3 is 12.1 Å². The van der Waals surface area contributed by atoms with Crippen LogP contribution in [-0.4, -0.2) is 29.2 Å². The molecule has 0 spiro atoms. The van der Waals surface area contributed by atoms with Gasteiger partial charge < -0.3 is 15.2 Å². The van der Waals surface area contributed by atoms with Crippen LogP contribution in [-0.2, 0) is 11.4 Å². The van der Waals surface area contributed by atoms with Gasteiger partial charge in [0.05, 0.1) is 16.9 Å². The van der Waals surface area contributed by atoms with Crippen LogP contribution in [0.3, 0.4) is 0 Å². The van der Waals surface area contributed by atoms with Crippen LogP contribution in [0.5, 0.6) is 11.5 Å². The Morgan fingerprint density at radius 2 is 1.29 bits per heavy atom. The molecule has 2 aromatic heterocycles. The van der Waals surface area contributed by atoms with Crippen molar-refractivity contribution in [3.8, 4) is 45.1 Å². The maximum absolute atomic E-state index is 12.6. The fourth-order valence-corrected chi connectivity index (χ4v) is 4.68. The Balaban J connectivity index is 0.00000196. The predicted octanol–water partition coefficient (Wildman–Crippen LogP) is 8.25. The summed E-state index contributed by atoms with van der Waals surface area (Å²) in [4.78, 5) is 20.9. The fourth-order valence-electron chi connectivity index (χ4n) is 4.68. The molecule has 0 fully saturated rings. The number of halogens is 3. The van der Waals surface area contributed by atoms with Crippen LogP contribution in [0.2, 0.25) is 0 Å². The summed E-state index contributed by atoms with van der Waals surface area (Å²) < 4.78 is 48.3. The summed E-state index contributed by atoms with van der Waals surface area (Å²) >= 11 is 0. The first-order valence-corrected chi connectivity index (χ1v) is 13.9. The number of nitrogens with two attached hydrogens (primary N) is 1. The molecule has 0 amide bonds. The smallest absolute Gasteiger partial charge is 0.489 e. The monoisotopic (exact) mass is 607 g/mol. The predicted molar refractivity (Wildman–Crippen MR) is 168 cm³/mol. The Bertz CT molecular complexity index is 1880. The maximum Gasteiger partial charge on any atom is 0.491 e. The molecule has 0 saturated heterocycles. The molecule has 4 aromatic carbocycles. The second kappa shape index (κ2) is 13.8. The Hall–Kier alpha value is -5.54. The van der Waals surface area contributed by atoms with E-state index in [-0.39, 0.29) is 5.75 Å². The lowest BCUT2D eigenvalue weighted by atomic mass is 9.96. The molecule has 0 saturated carbocycles. The summed E-state index contributed by atoms with van der Waals surface area (Å²) in [7, 11) is 1.50. The number of nitrogens with zero attached hydrogens (tertiary/aromatic N) is 2. The van der Waals surface area contributed by atoms with Crippen molar-refractivity contribution in [1.29, 1.82) is 0 Å². The minimum atomic E-state index is -5.08. The van der Waals surface area contributed by atoms with Crippen molar-refractivity contribution in [3.05, 3.63) is 133 Å². The van der Waals surface area contributed by atoms with Gasteiger partial charge in [0, 0.05) is 28.3 Å². The molecule has 0 atom stereocenters. The standard InChI is InChI=1S/C35H23F3N2O3.CH5N/c36-35(37,38)34(41)43-28-17-13-26(14-18-28)33-29(24-9-5-2-6-10-24)21-30-31(40-33)19-20-39-32(30)25-11-15-27(16-12-25)42-22-23-7-3-1-4-8-23;1-2/h1-21H,22H2;2H2,1H3. The molecule has 0 aliphatic heterocycles. The van der Waals surface area contributed by atoms with Crippen molar-refractivity contribution in [2.45, 2.75) is 12.8 Å². The molecule has 0 bridgehead atoms. The highest BCUT2D eigenvalue weighted by atomic mass is 19.4. The summed E-state index contributed by atoms with van der Waals surface area (Å²) in [6, 6.07) is 37.0. The van der Waals surface area contributed by atoms with Crippen LogP contribution in [0.25, 0.3) is 44.5 Å². The summed E-state index contributed by atoms with van der Waals surface area (Å²) in [6.45, 7) is 0.464. The molecule has 2 heterocycles. The van der Waals surface area contributed by atoms with Crippen molar-refractivity contribution in [2.24, 2.45) is 5.73 Å². The molecule has 0 aliphatic carbocycles. The van der Waals surface area contributed by atoms with E-state index >= 15 is 0 Å². The van der Waals surface area contributed by atoms with E-state index in [1.54, 1.807) is 18.3 Å². The van der Waals surface area contributed by atoms with Gasteiger partial charge in [0.25, 0.3) is 0 Å². The molecule has 0 aliphatic rings. The normalized spacial score (nSPS) is 11.0. The van der Waals surface area contributed by atoms with E-state index in [0.29, 0.717) is 23.4 Å². The van der Waals surface area contributed by atoms with Gasteiger partial charge in [0.2, 0.25) is 0 Å². The zero-order valence-electron chi connectivity index (χ0n) is 24.2. The third-order valence-electron chi connectivity index (χ3n) is 6.77. The molecule has 226 valence electrons. The fraction of sp³-hybridized carbons (Fsp3) is 0.0833. The van der Waals surface area contributed by atoms with Gasteiger partial charge in [-0.25, -0.2) is 9.78 Å². The van der Waals surface area contributed by atoms with Crippen LogP contribution in [0, 0.1) is 0 Å². The number of alkyl halides is 3. The number of benzene rings is 4. The number of ether oxygens (including phenoxy) is 2. The third-order valence-corrected chi connectivity index (χ3v) is 6.77. The number of rotatable bonds is 7. The van der Waals surface area contributed by atoms with Gasteiger partial charge in [-0.1, -0.05) is 60.7 Å². The lowest BCUT2D eigenvalue weighted by Crippen LogP contribution is -2.27. The number of hydrogen-bond acceptors (Lipinski definition) is 6. The second-order valence-corrected chi connectivity index (χ2v) is 9.69. The van der Waals surface area contributed by atoms with Gasteiger partial charge in [-0.05, 0) is 78.8 Å². The van der Waals surface area contributed by atoms with Gasteiger partial charge in [0.1, 0.15) is 18.1 Å². The molecule has 9 heteroatoms. The molecule has 6 rings (SSSR count). The lowest BCUT2D eigenvalue weighted by molar-refractivity contribution is -0.189. The molecule has 2 N–H and O–H groups in total. The van der Waals surface area contributed by atoms with Crippen LogP contribution in [0.15, 0.2) is 128 Å². The third kappa shape index (κ3) is 7.34. The lowest BCUT2D eigenvalue weighted by Gasteiger charge is -2.14. The molecule has 6 aromatic rings. The Kier molecular flexibility index (Phi) is 9.50. The highest BCUT2D eigenvalue weighted by molar-refractivity contribution is 5.98. The summed E-state index contributed by atoms with van der Waals surface area (Å²) in [5.74, 6) is -1.75. The zero-order valence-corrected chi connectivity index (χ0v) is 24.2. The number of carbonyl (C=O) groups excluding carboxylic acids is 1. The van der Waals surface area contributed by atoms with E-state index < -0.39 is 12.1 Å². The van der Waals surface area contributed by atoms with E-state index in [1.165, 1.54) is 19.2 Å². The summed E-state index contributed by atoms with van der Waals surface area (Å²) in [6.07, 6.45) is -3.39. The highest BCUT2D eigenvalue weighted by Crippen LogP contribution is 2.37. The Morgan fingerprint density at radius 1 is 0.711 bits per heavy atom. The van der Waals surface area contributed by atoms with Crippen LogP contribution in [0.4, 0.5) is 13.2 Å². The van der Waals surface area contributed by atoms with Gasteiger partial charge in [-0.15, -0.1) is 0 Å². The average Bonchev–Trinajstić information content (AvgIpc) is 3.08. The van der Waals surface area contributed by atoms with Crippen molar-refractivity contribution in [2.75, 3.05) is 7.05 Å². The number of hydrogen-bond donors (Lipinski definition) is 1. The van der Waals surface area contributed by atoms with Crippen molar-refractivity contribution >= 4 is 16.9 Å². The number of fused-ring (bicyclic) bond motifs is 1. The van der Waals surface area contributed by atoms with Crippen molar-refractivity contribution in [1.82, 2.24) is 9.97 Å². The molecular weight excluding hydrogens is 579 g/mol. The zero-order chi connectivity index (χ0) is 31.8. The number of esters is 1. The minimum absolute atomic E-state index is 0.212. The van der Waals surface area contributed by atoms with E-state index in [4.69, 9.17) is 9.72 Å². The SMILES string of the molecule is CN.O=C(Oc1ccc(-c2nc3ccnc(-c4ccc(OCc5ccccc5)cc4)c3cc2-c2ccccc2)cc1)C(F)(F)F. The van der Waals surface area contributed by atoms with Gasteiger partial charge in [-0.2, -0.15) is 13.2 Å². The summed E-state index contributed by atoms with van der Waals surface area (Å²) in [5, 5.41) is 0.832. The first-order valence-electron chi connectivity index (χ1n) is 13.9. The minimum Gasteiger partial charge on any atom is -0.489 e. The van der Waals surface area contributed by atoms with E-state index in [0.717, 1.165) is 39.1 Å². The largest absolute Gasteiger partial charge is 0.491 e. The first-order chi connectivity index (χ1) is 21.8. The van der Waals surface area contributed by atoms with E-state index in [9.17, 15) is 18.0 Å². The van der Waals surface area contributed by atoms with Crippen LogP contribution >= 0.6 is 0 Å². The summed E-state index contributed by atoms with van der Waals surface area (Å²) in [5.41, 5.74) is 10.9. The quantitative estimate of drug-likeness (QED) is 0.145. The van der Waals surface area contributed by atoms with Crippen LogP contribution < -0.4 is 15.2 Å². The average molecular weight is 608 g/mol. The van der Waals surface area contributed by atoms with E-state index in [2.05, 4.69) is 15.5 Å².